The molecule has 0 radical (unpaired) electrons. The average Bonchev–Trinajstić information content (AvgIpc) is 3.70. The monoisotopic (exact) mass is 1320 g/mol. The highest BCUT2D eigenvalue weighted by Gasteiger charge is 2.30. The van der Waals surface area contributed by atoms with Crippen molar-refractivity contribution in [3.05, 3.63) is 0 Å². The van der Waals surface area contributed by atoms with Crippen LogP contribution < -0.4 is 0 Å². The normalized spacial score (nSPS) is 14.6. The molecule has 17 nitrogen and oxygen atoms in total. The molecule has 0 bridgehead atoms. The van der Waals surface area contributed by atoms with Gasteiger partial charge in [0.1, 0.15) is 19.3 Å². The number of phosphoric ester groups is 2. The largest absolute Gasteiger partial charge is 0.472 e. The summed E-state index contributed by atoms with van der Waals surface area (Å²) in [6, 6.07) is 0. The summed E-state index contributed by atoms with van der Waals surface area (Å²) in [5.74, 6) is 0.865. The third-order valence-corrected chi connectivity index (χ3v) is 18.6. The molecule has 534 valence electrons. The molecular formula is C71H138O17P2. The molecule has 3 unspecified atom stereocenters. The second-order valence-electron chi connectivity index (χ2n) is 27.3. The second kappa shape index (κ2) is 60.7. The van der Waals surface area contributed by atoms with Crippen molar-refractivity contribution in [2.75, 3.05) is 39.6 Å². The lowest BCUT2D eigenvalue weighted by atomic mass is 9.99. The summed E-state index contributed by atoms with van der Waals surface area (Å²) in [6.45, 7) is 14.1. The van der Waals surface area contributed by atoms with Gasteiger partial charge in [-0.3, -0.25) is 37.3 Å². The van der Waals surface area contributed by atoms with E-state index in [1.54, 1.807) is 0 Å². The lowest BCUT2D eigenvalue weighted by Gasteiger charge is -2.21. The number of phosphoric acid groups is 2. The summed E-state index contributed by atoms with van der Waals surface area (Å²) in [5, 5.41) is 10.6. The van der Waals surface area contributed by atoms with E-state index in [9.17, 15) is 43.2 Å². The molecular weight excluding hydrogens is 1190 g/mol. The first-order valence-corrected chi connectivity index (χ1v) is 39.7. The number of carbonyl (C=O) groups excluding carboxylic acids is 4. The topological polar surface area (TPSA) is 237 Å². The van der Waals surface area contributed by atoms with Gasteiger partial charge in [0.2, 0.25) is 0 Å². The van der Waals surface area contributed by atoms with Crippen LogP contribution in [0.4, 0.5) is 0 Å². The van der Waals surface area contributed by atoms with Gasteiger partial charge in [-0.25, -0.2) is 9.13 Å². The van der Waals surface area contributed by atoms with E-state index in [2.05, 4.69) is 55.4 Å². The smallest absolute Gasteiger partial charge is 0.462 e. The highest BCUT2D eigenvalue weighted by Crippen LogP contribution is 2.45. The Morgan fingerprint density at radius 2 is 0.533 bits per heavy atom. The number of ether oxygens (including phenoxy) is 4. The molecule has 3 N–H and O–H groups in total. The van der Waals surface area contributed by atoms with Gasteiger partial charge in [-0.15, -0.1) is 0 Å². The molecule has 0 fully saturated rings. The van der Waals surface area contributed by atoms with Crippen molar-refractivity contribution < 1.29 is 80.2 Å². The number of rotatable bonds is 68. The molecule has 0 rings (SSSR count). The van der Waals surface area contributed by atoms with Gasteiger partial charge in [-0.05, 0) is 49.4 Å². The zero-order valence-electron chi connectivity index (χ0n) is 58.8. The summed E-state index contributed by atoms with van der Waals surface area (Å²) < 4.78 is 68.3. The van der Waals surface area contributed by atoms with Crippen molar-refractivity contribution in [3.8, 4) is 0 Å². The van der Waals surface area contributed by atoms with E-state index in [1.807, 2.05) is 0 Å². The zero-order valence-corrected chi connectivity index (χ0v) is 60.6. The molecule has 0 amide bonds. The molecule has 0 spiro atoms. The van der Waals surface area contributed by atoms with Gasteiger partial charge >= 0.3 is 39.5 Å². The third-order valence-electron chi connectivity index (χ3n) is 16.7. The van der Waals surface area contributed by atoms with Gasteiger partial charge < -0.3 is 33.8 Å². The van der Waals surface area contributed by atoms with E-state index < -0.39 is 97.5 Å². The fourth-order valence-electron chi connectivity index (χ4n) is 10.6. The molecule has 0 aliphatic carbocycles. The van der Waals surface area contributed by atoms with Crippen molar-refractivity contribution in [2.45, 2.75) is 369 Å². The number of carbonyl (C=O) groups is 4. The molecule has 0 saturated carbocycles. The van der Waals surface area contributed by atoms with E-state index >= 15 is 0 Å². The Bertz CT molecular complexity index is 1780. The number of aliphatic hydroxyl groups excluding tert-OH is 1. The van der Waals surface area contributed by atoms with Crippen molar-refractivity contribution >= 4 is 39.5 Å². The fourth-order valence-corrected chi connectivity index (χ4v) is 12.2. The zero-order chi connectivity index (χ0) is 66.8. The van der Waals surface area contributed by atoms with Gasteiger partial charge in [-0.1, -0.05) is 299 Å². The predicted octanol–water partition coefficient (Wildman–Crippen LogP) is 20.1. The summed E-state index contributed by atoms with van der Waals surface area (Å²) in [4.78, 5) is 72.5. The molecule has 0 aliphatic heterocycles. The van der Waals surface area contributed by atoms with Crippen LogP contribution in [0, 0.1) is 23.7 Å². The highest BCUT2D eigenvalue weighted by atomic mass is 31.2. The highest BCUT2D eigenvalue weighted by molar-refractivity contribution is 7.47. The van der Waals surface area contributed by atoms with Crippen LogP contribution in [0.15, 0.2) is 0 Å². The minimum Gasteiger partial charge on any atom is -0.462 e. The lowest BCUT2D eigenvalue weighted by molar-refractivity contribution is -0.161. The van der Waals surface area contributed by atoms with Crippen molar-refractivity contribution in [1.82, 2.24) is 0 Å². The number of unbranched alkanes of at least 4 members (excludes halogenated alkanes) is 33. The van der Waals surface area contributed by atoms with Crippen LogP contribution in [-0.4, -0.2) is 96.7 Å². The Morgan fingerprint density at radius 1 is 0.311 bits per heavy atom. The molecule has 6 atom stereocenters. The number of aliphatic hydroxyl groups is 1. The molecule has 0 aromatic carbocycles. The van der Waals surface area contributed by atoms with Crippen molar-refractivity contribution in [2.24, 2.45) is 23.7 Å². The Kier molecular flexibility index (Phi) is 59.4. The van der Waals surface area contributed by atoms with E-state index in [-0.39, 0.29) is 25.7 Å². The standard InChI is InChI=1S/C71H138O17P2/c1-9-64(8)50-42-34-25-18-15-16-20-28-38-46-54-71(76)88-67(58-82-69(74)52-44-36-30-29-33-41-49-63(6)7)60-86-90(79,80)84-56-65(72)55-83-89(77,78)85-59-66(57-81-68(73)51-43-35-26-22-21-24-32-40-48-62(4)5)87-70(75)53-45-37-27-19-14-12-10-11-13-17-23-31-39-47-61(2)3/h61-67,72H,9-60H2,1-8H3,(H,77,78)(H,79,80)/t64?,65-,66-,67-/m1/s1. The van der Waals surface area contributed by atoms with E-state index in [4.69, 9.17) is 37.0 Å². The Labute approximate surface area is 549 Å². The number of hydrogen-bond acceptors (Lipinski definition) is 15. The first-order chi connectivity index (χ1) is 43.1. The molecule has 0 aromatic heterocycles. The summed E-state index contributed by atoms with van der Waals surface area (Å²) in [6.07, 6.45) is 43.1. The fraction of sp³-hybridized carbons (Fsp3) is 0.944. The average molecular weight is 1330 g/mol. The molecule has 0 heterocycles. The number of esters is 4. The van der Waals surface area contributed by atoms with Crippen molar-refractivity contribution in [1.29, 1.82) is 0 Å². The van der Waals surface area contributed by atoms with Crippen LogP contribution in [-0.2, 0) is 65.4 Å². The lowest BCUT2D eigenvalue weighted by Crippen LogP contribution is -2.30. The van der Waals surface area contributed by atoms with Crippen LogP contribution in [0.5, 0.6) is 0 Å². The van der Waals surface area contributed by atoms with Crippen LogP contribution in [0.1, 0.15) is 351 Å². The van der Waals surface area contributed by atoms with Gasteiger partial charge in [0, 0.05) is 25.7 Å². The van der Waals surface area contributed by atoms with E-state index in [0.717, 1.165) is 114 Å². The van der Waals surface area contributed by atoms with E-state index in [1.165, 1.54) is 148 Å². The second-order valence-corrected chi connectivity index (χ2v) is 30.2. The summed E-state index contributed by atoms with van der Waals surface area (Å²) in [5.41, 5.74) is 0. The Balaban J connectivity index is 5.24. The SMILES string of the molecule is CCC(C)CCCCCCCCCCCCC(=O)O[C@H](COC(=O)CCCCCCCCC(C)C)COP(=O)(O)OC[C@H](O)COP(=O)(O)OC[C@@H](COC(=O)CCCCCCCCCCC(C)C)OC(=O)CCCCCCCCCCCCCCCC(C)C. The first kappa shape index (κ1) is 88.1. The molecule has 0 aliphatic rings. The van der Waals surface area contributed by atoms with Gasteiger partial charge in [0.15, 0.2) is 12.2 Å². The maximum Gasteiger partial charge on any atom is 0.472 e. The molecule has 0 aromatic rings. The minimum atomic E-state index is -4.95. The van der Waals surface area contributed by atoms with Crippen LogP contribution in [0.3, 0.4) is 0 Å². The van der Waals surface area contributed by atoms with E-state index in [0.29, 0.717) is 31.6 Å². The van der Waals surface area contributed by atoms with Gasteiger partial charge in [0.05, 0.1) is 26.4 Å². The van der Waals surface area contributed by atoms with Crippen LogP contribution in [0.25, 0.3) is 0 Å². The summed E-state index contributed by atoms with van der Waals surface area (Å²) in [7, 11) is -9.90. The maximum absolute atomic E-state index is 13.0. The third kappa shape index (κ3) is 63.5. The predicted molar refractivity (Wildman–Crippen MR) is 363 cm³/mol. The maximum atomic E-state index is 13.0. The Hall–Kier alpha value is -1.94. The van der Waals surface area contributed by atoms with Crippen LogP contribution in [0.2, 0.25) is 0 Å². The first-order valence-electron chi connectivity index (χ1n) is 36.7. The molecule has 90 heavy (non-hydrogen) atoms. The van der Waals surface area contributed by atoms with Gasteiger partial charge in [-0.2, -0.15) is 0 Å². The number of hydrogen-bond donors (Lipinski definition) is 3. The quantitative estimate of drug-likeness (QED) is 0.0222. The molecule has 0 saturated heterocycles. The molecule has 19 heteroatoms. The summed E-state index contributed by atoms with van der Waals surface area (Å²) >= 11 is 0. The van der Waals surface area contributed by atoms with Gasteiger partial charge in [0.25, 0.3) is 0 Å². The Morgan fingerprint density at radius 3 is 0.789 bits per heavy atom. The minimum absolute atomic E-state index is 0.105. The van der Waals surface area contributed by atoms with Crippen molar-refractivity contribution in [3.63, 3.8) is 0 Å². The van der Waals surface area contributed by atoms with Crippen LogP contribution >= 0.6 is 15.6 Å².